The lowest BCUT2D eigenvalue weighted by molar-refractivity contribution is 0.0594. The predicted molar refractivity (Wildman–Crippen MR) is 63.0 cm³/mol. The molecule has 3 atom stereocenters. The number of hydrogen-bond acceptors (Lipinski definition) is 2. The largest absolute Gasteiger partial charge is 0.380 e. The molecular formula is C13H25NO. The molecule has 1 saturated carbocycles. The Hall–Kier alpha value is -0.0800. The van der Waals surface area contributed by atoms with Crippen LogP contribution < -0.4 is 5.32 Å². The van der Waals surface area contributed by atoms with Crippen LogP contribution in [0, 0.1) is 5.92 Å². The van der Waals surface area contributed by atoms with Gasteiger partial charge in [-0.05, 0) is 31.6 Å². The maximum absolute atomic E-state index is 5.53. The molecule has 1 N–H and O–H groups in total. The third-order valence-electron chi connectivity index (χ3n) is 4.04. The molecule has 1 saturated heterocycles. The van der Waals surface area contributed by atoms with Gasteiger partial charge in [0.1, 0.15) is 0 Å². The van der Waals surface area contributed by atoms with Crippen LogP contribution >= 0.6 is 0 Å². The average molecular weight is 211 g/mol. The van der Waals surface area contributed by atoms with Crippen molar-refractivity contribution in [1.29, 1.82) is 0 Å². The van der Waals surface area contributed by atoms with Crippen LogP contribution in [-0.2, 0) is 4.74 Å². The van der Waals surface area contributed by atoms with E-state index in [0.29, 0.717) is 6.04 Å². The first kappa shape index (κ1) is 11.4. The zero-order valence-corrected chi connectivity index (χ0v) is 10.0. The lowest BCUT2D eigenvalue weighted by Gasteiger charge is -2.36. The Balaban J connectivity index is 1.79. The molecule has 0 radical (unpaired) electrons. The topological polar surface area (TPSA) is 21.3 Å². The first-order valence-electron chi connectivity index (χ1n) is 6.74. The van der Waals surface area contributed by atoms with Crippen LogP contribution in [0.2, 0.25) is 0 Å². The molecule has 0 aromatic heterocycles. The smallest absolute Gasteiger partial charge is 0.0619 e. The number of rotatable bonds is 3. The molecule has 0 aromatic rings. The summed E-state index contributed by atoms with van der Waals surface area (Å²) >= 11 is 0. The Morgan fingerprint density at radius 2 is 2.00 bits per heavy atom. The first-order chi connectivity index (χ1) is 7.40. The van der Waals surface area contributed by atoms with Gasteiger partial charge in [0.2, 0.25) is 0 Å². The molecule has 0 spiro atoms. The standard InChI is InChI=1S/C13H25NO/c1-2-11-6-3-4-8-13(11)14-12-7-5-9-15-10-12/h11-14H,2-10H2,1H3. The van der Waals surface area contributed by atoms with Crippen molar-refractivity contribution in [3.8, 4) is 0 Å². The van der Waals surface area contributed by atoms with E-state index in [1.54, 1.807) is 0 Å². The molecule has 0 amide bonds. The molecule has 2 aliphatic rings. The van der Waals surface area contributed by atoms with Crippen molar-refractivity contribution >= 4 is 0 Å². The molecule has 1 heterocycles. The second-order valence-electron chi connectivity index (χ2n) is 5.14. The summed E-state index contributed by atoms with van der Waals surface area (Å²) in [7, 11) is 0. The van der Waals surface area contributed by atoms with Crippen molar-refractivity contribution in [1.82, 2.24) is 5.32 Å². The van der Waals surface area contributed by atoms with Gasteiger partial charge in [-0.3, -0.25) is 0 Å². The summed E-state index contributed by atoms with van der Waals surface area (Å²) in [6.07, 6.45) is 9.57. The van der Waals surface area contributed by atoms with Crippen molar-refractivity contribution in [3.05, 3.63) is 0 Å². The van der Waals surface area contributed by atoms with Crippen molar-refractivity contribution in [2.24, 2.45) is 5.92 Å². The molecule has 2 fully saturated rings. The molecule has 15 heavy (non-hydrogen) atoms. The van der Waals surface area contributed by atoms with Crippen LogP contribution in [0.1, 0.15) is 51.9 Å². The summed E-state index contributed by atoms with van der Waals surface area (Å²) < 4.78 is 5.53. The van der Waals surface area contributed by atoms with Crippen LogP contribution in [0.25, 0.3) is 0 Å². The SMILES string of the molecule is CCC1CCCCC1NC1CCCOC1. The number of nitrogens with one attached hydrogen (secondary N) is 1. The summed E-state index contributed by atoms with van der Waals surface area (Å²) in [6.45, 7) is 4.25. The number of ether oxygens (including phenoxy) is 1. The van der Waals surface area contributed by atoms with Crippen molar-refractivity contribution in [2.45, 2.75) is 64.0 Å². The van der Waals surface area contributed by atoms with E-state index in [1.165, 1.54) is 44.9 Å². The Morgan fingerprint density at radius 3 is 2.73 bits per heavy atom. The lowest BCUT2D eigenvalue weighted by atomic mass is 9.82. The second-order valence-corrected chi connectivity index (χ2v) is 5.14. The van der Waals surface area contributed by atoms with Crippen LogP contribution in [0.5, 0.6) is 0 Å². The van der Waals surface area contributed by atoms with Gasteiger partial charge in [-0.25, -0.2) is 0 Å². The fraction of sp³-hybridized carbons (Fsp3) is 1.00. The minimum absolute atomic E-state index is 0.635. The lowest BCUT2D eigenvalue weighted by Crippen LogP contribution is -2.47. The normalized spacial score (nSPS) is 37.8. The van der Waals surface area contributed by atoms with Crippen LogP contribution in [-0.4, -0.2) is 25.3 Å². The third kappa shape index (κ3) is 3.18. The van der Waals surface area contributed by atoms with E-state index < -0.39 is 0 Å². The van der Waals surface area contributed by atoms with Crippen LogP contribution in [0.3, 0.4) is 0 Å². The number of hydrogen-bond donors (Lipinski definition) is 1. The summed E-state index contributed by atoms with van der Waals surface area (Å²) in [5, 5.41) is 3.83. The highest BCUT2D eigenvalue weighted by atomic mass is 16.5. The van der Waals surface area contributed by atoms with Crippen molar-refractivity contribution in [3.63, 3.8) is 0 Å². The van der Waals surface area contributed by atoms with E-state index in [4.69, 9.17) is 4.74 Å². The summed E-state index contributed by atoms with van der Waals surface area (Å²) in [5.41, 5.74) is 0. The fourth-order valence-electron chi connectivity index (χ4n) is 3.09. The van der Waals surface area contributed by atoms with Crippen molar-refractivity contribution in [2.75, 3.05) is 13.2 Å². The van der Waals surface area contributed by atoms with E-state index in [-0.39, 0.29) is 0 Å². The zero-order chi connectivity index (χ0) is 10.5. The van der Waals surface area contributed by atoms with E-state index in [0.717, 1.165) is 25.2 Å². The Bertz CT molecular complexity index is 177. The van der Waals surface area contributed by atoms with Gasteiger partial charge in [0.05, 0.1) is 6.61 Å². The minimum atomic E-state index is 0.635. The first-order valence-corrected chi connectivity index (χ1v) is 6.74. The van der Waals surface area contributed by atoms with Crippen LogP contribution in [0.4, 0.5) is 0 Å². The van der Waals surface area contributed by atoms with E-state index in [2.05, 4.69) is 12.2 Å². The van der Waals surface area contributed by atoms with Crippen LogP contribution in [0.15, 0.2) is 0 Å². The average Bonchev–Trinajstić information content (AvgIpc) is 2.31. The van der Waals surface area contributed by atoms with Gasteiger partial charge in [-0.1, -0.05) is 26.2 Å². The maximum atomic E-state index is 5.53. The Morgan fingerprint density at radius 1 is 1.13 bits per heavy atom. The molecule has 1 aliphatic heterocycles. The molecule has 0 aromatic carbocycles. The highest BCUT2D eigenvalue weighted by molar-refractivity contribution is 4.84. The summed E-state index contributed by atoms with van der Waals surface area (Å²) in [5.74, 6) is 0.917. The monoisotopic (exact) mass is 211 g/mol. The van der Waals surface area contributed by atoms with E-state index >= 15 is 0 Å². The third-order valence-corrected chi connectivity index (χ3v) is 4.04. The molecule has 2 heteroatoms. The van der Waals surface area contributed by atoms with E-state index in [9.17, 15) is 0 Å². The molecule has 1 aliphatic carbocycles. The van der Waals surface area contributed by atoms with Gasteiger partial charge in [0, 0.05) is 18.7 Å². The molecule has 88 valence electrons. The fourth-order valence-corrected chi connectivity index (χ4v) is 3.09. The van der Waals surface area contributed by atoms with E-state index in [1.807, 2.05) is 0 Å². The molecular weight excluding hydrogens is 186 g/mol. The van der Waals surface area contributed by atoms with Gasteiger partial charge in [0.25, 0.3) is 0 Å². The summed E-state index contributed by atoms with van der Waals surface area (Å²) in [6, 6.07) is 1.41. The molecule has 3 unspecified atom stereocenters. The second kappa shape index (κ2) is 5.86. The quantitative estimate of drug-likeness (QED) is 0.775. The Kier molecular flexibility index (Phi) is 4.45. The zero-order valence-electron chi connectivity index (χ0n) is 10.0. The van der Waals surface area contributed by atoms with Crippen molar-refractivity contribution < 1.29 is 4.74 Å². The van der Waals surface area contributed by atoms with Gasteiger partial charge < -0.3 is 10.1 Å². The summed E-state index contributed by atoms with van der Waals surface area (Å²) in [4.78, 5) is 0. The molecule has 2 rings (SSSR count). The molecule has 0 bridgehead atoms. The highest BCUT2D eigenvalue weighted by Crippen LogP contribution is 2.27. The molecule has 2 nitrogen and oxygen atoms in total. The predicted octanol–water partition coefficient (Wildman–Crippen LogP) is 2.72. The van der Waals surface area contributed by atoms with Gasteiger partial charge in [-0.2, -0.15) is 0 Å². The Labute approximate surface area is 93.8 Å². The minimum Gasteiger partial charge on any atom is -0.380 e. The maximum Gasteiger partial charge on any atom is 0.0619 e. The highest BCUT2D eigenvalue weighted by Gasteiger charge is 2.26. The van der Waals surface area contributed by atoms with Gasteiger partial charge in [0.15, 0.2) is 0 Å². The van der Waals surface area contributed by atoms with Gasteiger partial charge in [-0.15, -0.1) is 0 Å². The van der Waals surface area contributed by atoms with Gasteiger partial charge >= 0.3 is 0 Å².